The van der Waals surface area contributed by atoms with Crippen LogP contribution in [0.5, 0.6) is 5.75 Å². The molecule has 3 nitrogen and oxygen atoms in total. The van der Waals surface area contributed by atoms with Crippen molar-refractivity contribution in [3.63, 3.8) is 0 Å². The largest absolute Gasteiger partial charge is 0.485 e. The first kappa shape index (κ1) is 14.3. The normalized spacial score (nSPS) is 10.7. The number of hydrogen-bond donors (Lipinski definition) is 1. The third kappa shape index (κ3) is 3.47. The zero-order valence-electron chi connectivity index (χ0n) is 11.1. The lowest BCUT2D eigenvalue weighted by Gasteiger charge is -2.11. The molecule has 2 aromatic rings. The van der Waals surface area contributed by atoms with E-state index in [1.807, 2.05) is 25.1 Å². The van der Waals surface area contributed by atoms with Crippen molar-refractivity contribution in [1.82, 2.24) is 4.98 Å². The molecule has 1 aromatic carbocycles. The van der Waals surface area contributed by atoms with Crippen molar-refractivity contribution >= 4 is 22.9 Å². The summed E-state index contributed by atoms with van der Waals surface area (Å²) in [7, 11) is 0. The summed E-state index contributed by atoms with van der Waals surface area (Å²) in [6.45, 7) is 5.09. The van der Waals surface area contributed by atoms with Crippen LogP contribution in [0.2, 0.25) is 5.02 Å². The molecule has 1 aromatic heterocycles. The van der Waals surface area contributed by atoms with E-state index in [4.69, 9.17) is 22.1 Å². The van der Waals surface area contributed by atoms with E-state index in [9.17, 15) is 0 Å². The molecule has 0 aliphatic rings. The molecule has 1 heterocycles. The topological polar surface area (TPSA) is 48.1 Å². The van der Waals surface area contributed by atoms with Gasteiger partial charge in [-0.15, -0.1) is 11.3 Å². The maximum absolute atomic E-state index is 6.19. The quantitative estimate of drug-likeness (QED) is 0.919. The third-order valence-electron chi connectivity index (χ3n) is 2.88. The van der Waals surface area contributed by atoms with Crippen molar-refractivity contribution in [2.24, 2.45) is 5.73 Å². The van der Waals surface area contributed by atoms with Crippen LogP contribution in [0.3, 0.4) is 0 Å². The van der Waals surface area contributed by atoms with Gasteiger partial charge in [0.05, 0.1) is 10.7 Å². The summed E-state index contributed by atoms with van der Waals surface area (Å²) in [5, 5.41) is 1.59. The Kier molecular flexibility index (Phi) is 4.80. The van der Waals surface area contributed by atoms with Crippen LogP contribution in [0, 0.1) is 13.8 Å². The number of hydrogen-bond acceptors (Lipinski definition) is 4. The number of halogens is 1. The highest BCUT2D eigenvalue weighted by Gasteiger charge is 2.10. The molecule has 0 saturated heterocycles. The van der Waals surface area contributed by atoms with Crippen LogP contribution in [0.15, 0.2) is 18.2 Å². The molecule has 5 heteroatoms. The fourth-order valence-corrected chi connectivity index (χ4v) is 2.90. The molecule has 0 unspecified atom stereocenters. The van der Waals surface area contributed by atoms with Gasteiger partial charge in [-0.05, 0) is 38.4 Å². The van der Waals surface area contributed by atoms with E-state index in [2.05, 4.69) is 11.9 Å². The Labute approximate surface area is 122 Å². The van der Waals surface area contributed by atoms with Gasteiger partial charge in [0.25, 0.3) is 0 Å². The molecule has 0 atom stereocenters. The van der Waals surface area contributed by atoms with Crippen molar-refractivity contribution in [3.8, 4) is 5.75 Å². The van der Waals surface area contributed by atoms with Crippen molar-refractivity contribution < 1.29 is 4.74 Å². The standard InChI is InChI=1S/C14H17ClN2OS/c1-9-10(2)19-13(17-9)8-18-14-11(6-7-16)4-3-5-12(14)15/h3-5H,6-8,16H2,1-2H3. The van der Waals surface area contributed by atoms with Gasteiger partial charge in [0.15, 0.2) is 0 Å². The van der Waals surface area contributed by atoms with Crippen LogP contribution >= 0.6 is 22.9 Å². The maximum Gasteiger partial charge on any atom is 0.141 e. The van der Waals surface area contributed by atoms with Gasteiger partial charge in [-0.1, -0.05) is 23.7 Å². The van der Waals surface area contributed by atoms with Crippen LogP contribution in [0.4, 0.5) is 0 Å². The number of benzene rings is 1. The predicted molar refractivity (Wildman–Crippen MR) is 80.1 cm³/mol. The first-order valence-corrected chi connectivity index (χ1v) is 7.34. The molecule has 0 aliphatic heterocycles. The minimum atomic E-state index is 0.445. The molecule has 0 amide bonds. The summed E-state index contributed by atoms with van der Waals surface area (Å²) < 4.78 is 5.84. The van der Waals surface area contributed by atoms with Gasteiger partial charge in [0.1, 0.15) is 17.4 Å². The maximum atomic E-state index is 6.19. The highest BCUT2D eigenvalue weighted by Crippen LogP contribution is 2.30. The van der Waals surface area contributed by atoms with Gasteiger partial charge < -0.3 is 10.5 Å². The lowest BCUT2D eigenvalue weighted by molar-refractivity contribution is 0.302. The molecular weight excluding hydrogens is 280 g/mol. The zero-order chi connectivity index (χ0) is 13.8. The van der Waals surface area contributed by atoms with Gasteiger partial charge in [-0.3, -0.25) is 0 Å². The number of aromatic nitrogens is 1. The molecule has 102 valence electrons. The van der Waals surface area contributed by atoms with E-state index in [0.29, 0.717) is 18.2 Å². The molecule has 2 rings (SSSR count). The molecule has 2 N–H and O–H groups in total. The number of rotatable bonds is 5. The number of ether oxygens (including phenoxy) is 1. The number of para-hydroxylation sites is 1. The van der Waals surface area contributed by atoms with Crippen molar-refractivity contribution in [3.05, 3.63) is 44.4 Å². The minimum Gasteiger partial charge on any atom is -0.485 e. The second-order valence-electron chi connectivity index (χ2n) is 4.30. The van der Waals surface area contributed by atoms with Crippen LogP contribution in [-0.2, 0) is 13.0 Å². The Bertz CT molecular complexity index is 549. The van der Waals surface area contributed by atoms with Gasteiger partial charge in [0, 0.05) is 4.88 Å². The Morgan fingerprint density at radius 2 is 2.16 bits per heavy atom. The van der Waals surface area contributed by atoms with Crippen molar-refractivity contribution in [2.45, 2.75) is 26.9 Å². The number of nitrogens with two attached hydrogens (primary N) is 1. The third-order valence-corrected chi connectivity index (χ3v) is 4.22. The number of aryl methyl sites for hydroxylation is 2. The first-order chi connectivity index (χ1) is 9.11. The van der Waals surface area contributed by atoms with E-state index in [-0.39, 0.29) is 0 Å². The Hall–Kier alpha value is -1.10. The highest BCUT2D eigenvalue weighted by atomic mass is 35.5. The highest BCUT2D eigenvalue weighted by molar-refractivity contribution is 7.11. The summed E-state index contributed by atoms with van der Waals surface area (Å²) in [5.41, 5.74) is 7.70. The van der Waals surface area contributed by atoms with Crippen LogP contribution in [0.25, 0.3) is 0 Å². The molecular formula is C14H17ClN2OS. The molecule has 19 heavy (non-hydrogen) atoms. The second kappa shape index (κ2) is 6.37. The smallest absolute Gasteiger partial charge is 0.141 e. The monoisotopic (exact) mass is 296 g/mol. The second-order valence-corrected chi connectivity index (χ2v) is 6.00. The molecule has 0 aliphatic carbocycles. The van der Waals surface area contributed by atoms with E-state index in [1.165, 1.54) is 4.88 Å². The molecule has 0 fully saturated rings. The van der Waals surface area contributed by atoms with Crippen molar-refractivity contribution in [2.75, 3.05) is 6.54 Å². The Morgan fingerprint density at radius 3 is 2.79 bits per heavy atom. The van der Waals surface area contributed by atoms with E-state index < -0.39 is 0 Å². The van der Waals surface area contributed by atoms with Gasteiger partial charge in [-0.2, -0.15) is 0 Å². The average Bonchev–Trinajstić information content (AvgIpc) is 2.68. The van der Waals surface area contributed by atoms with E-state index in [1.54, 1.807) is 11.3 Å². The lowest BCUT2D eigenvalue weighted by Crippen LogP contribution is -2.05. The van der Waals surface area contributed by atoms with Crippen LogP contribution < -0.4 is 10.5 Å². The zero-order valence-corrected chi connectivity index (χ0v) is 12.6. The molecule has 0 saturated carbocycles. The predicted octanol–water partition coefficient (Wildman–Crippen LogP) is 3.49. The Morgan fingerprint density at radius 1 is 1.37 bits per heavy atom. The Balaban J connectivity index is 2.14. The number of thiazole rings is 1. The summed E-state index contributed by atoms with van der Waals surface area (Å²) in [4.78, 5) is 5.68. The fourth-order valence-electron chi connectivity index (χ4n) is 1.80. The van der Waals surface area contributed by atoms with E-state index >= 15 is 0 Å². The van der Waals surface area contributed by atoms with Gasteiger partial charge in [-0.25, -0.2) is 4.98 Å². The summed E-state index contributed by atoms with van der Waals surface area (Å²) in [6.07, 6.45) is 0.756. The summed E-state index contributed by atoms with van der Waals surface area (Å²) >= 11 is 7.84. The van der Waals surface area contributed by atoms with E-state index in [0.717, 1.165) is 28.4 Å². The summed E-state index contributed by atoms with van der Waals surface area (Å²) in [6, 6.07) is 5.74. The van der Waals surface area contributed by atoms with Gasteiger partial charge >= 0.3 is 0 Å². The molecule has 0 spiro atoms. The van der Waals surface area contributed by atoms with Gasteiger partial charge in [0.2, 0.25) is 0 Å². The first-order valence-electron chi connectivity index (χ1n) is 6.15. The lowest BCUT2D eigenvalue weighted by atomic mass is 10.1. The van der Waals surface area contributed by atoms with Crippen LogP contribution in [-0.4, -0.2) is 11.5 Å². The van der Waals surface area contributed by atoms with Crippen molar-refractivity contribution in [1.29, 1.82) is 0 Å². The van der Waals surface area contributed by atoms with Crippen LogP contribution in [0.1, 0.15) is 21.1 Å². The summed E-state index contributed by atoms with van der Waals surface area (Å²) in [5.74, 6) is 0.722. The fraction of sp³-hybridized carbons (Fsp3) is 0.357. The minimum absolute atomic E-state index is 0.445. The molecule has 0 radical (unpaired) electrons. The SMILES string of the molecule is Cc1nc(COc2c(Cl)cccc2CCN)sc1C. The number of nitrogens with zero attached hydrogens (tertiary/aromatic N) is 1. The molecule has 0 bridgehead atoms. The average molecular weight is 297 g/mol.